The lowest BCUT2D eigenvalue weighted by atomic mass is 10.2. The number of urea groups is 1. The van der Waals surface area contributed by atoms with E-state index in [1.165, 1.54) is 23.1 Å². The van der Waals surface area contributed by atoms with Crippen molar-refractivity contribution in [3.05, 3.63) is 28.8 Å². The number of carbonyl (C=O) groups excluding carboxylic acids is 2. The first-order valence-corrected chi connectivity index (χ1v) is 6.62. The van der Waals surface area contributed by atoms with Crippen LogP contribution in [0, 0.1) is 0 Å². The van der Waals surface area contributed by atoms with Gasteiger partial charge < -0.3 is 20.6 Å². The molecule has 1 aromatic rings. The van der Waals surface area contributed by atoms with E-state index in [2.05, 4.69) is 10.6 Å². The highest BCUT2D eigenvalue weighted by Gasteiger charge is 2.30. The summed E-state index contributed by atoms with van der Waals surface area (Å²) in [6.07, 6.45) is 0.518. The van der Waals surface area contributed by atoms with Crippen LogP contribution in [0.1, 0.15) is 16.8 Å². The molecule has 0 radical (unpaired) electrons. The van der Waals surface area contributed by atoms with E-state index in [1.807, 2.05) is 0 Å². The summed E-state index contributed by atoms with van der Waals surface area (Å²) >= 11 is 5.81. The van der Waals surface area contributed by atoms with Crippen LogP contribution in [0.5, 0.6) is 0 Å². The summed E-state index contributed by atoms with van der Waals surface area (Å²) < 4.78 is 0. The largest absolute Gasteiger partial charge is 0.478 e. The number of carboxylic acids is 1. The Morgan fingerprint density at radius 2 is 2.14 bits per heavy atom. The Morgan fingerprint density at radius 3 is 2.71 bits per heavy atom. The molecule has 1 heterocycles. The maximum absolute atomic E-state index is 11.9. The Bertz CT molecular complexity index is 605. The van der Waals surface area contributed by atoms with Crippen LogP contribution in [-0.2, 0) is 4.79 Å². The van der Waals surface area contributed by atoms with E-state index in [4.69, 9.17) is 16.7 Å². The Labute approximate surface area is 125 Å². The van der Waals surface area contributed by atoms with E-state index in [9.17, 15) is 14.4 Å². The lowest BCUT2D eigenvalue weighted by molar-refractivity contribution is -0.128. The molecule has 2 rings (SSSR count). The van der Waals surface area contributed by atoms with Gasteiger partial charge in [-0.05, 0) is 18.6 Å². The van der Waals surface area contributed by atoms with Gasteiger partial charge in [0, 0.05) is 13.6 Å². The van der Waals surface area contributed by atoms with Crippen LogP contribution < -0.4 is 10.6 Å². The van der Waals surface area contributed by atoms with Crippen LogP contribution in [0.15, 0.2) is 18.2 Å². The smallest absolute Gasteiger partial charge is 0.339 e. The summed E-state index contributed by atoms with van der Waals surface area (Å²) in [5.74, 6) is -1.41. The van der Waals surface area contributed by atoms with Gasteiger partial charge in [-0.25, -0.2) is 9.59 Å². The van der Waals surface area contributed by atoms with Gasteiger partial charge >= 0.3 is 12.0 Å². The van der Waals surface area contributed by atoms with Gasteiger partial charge in [0.2, 0.25) is 5.91 Å². The number of halogens is 1. The highest BCUT2D eigenvalue weighted by Crippen LogP contribution is 2.24. The number of likely N-dealkylation sites (tertiary alicyclic amines) is 1. The van der Waals surface area contributed by atoms with E-state index in [-0.39, 0.29) is 22.2 Å². The molecule has 7 nitrogen and oxygen atoms in total. The number of carbonyl (C=O) groups is 3. The van der Waals surface area contributed by atoms with E-state index in [1.54, 1.807) is 7.05 Å². The lowest BCUT2D eigenvalue weighted by Gasteiger charge is -2.14. The van der Waals surface area contributed by atoms with Crippen molar-refractivity contribution < 1.29 is 19.5 Å². The first-order valence-electron chi connectivity index (χ1n) is 6.24. The number of hydrogen-bond acceptors (Lipinski definition) is 3. The fraction of sp³-hybridized carbons (Fsp3) is 0.308. The molecule has 0 aromatic heterocycles. The molecule has 8 heteroatoms. The third-order valence-corrected chi connectivity index (χ3v) is 3.52. The van der Waals surface area contributed by atoms with Crippen molar-refractivity contribution in [3.8, 4) is 0 Å². The number of benzene rings is 1. The number of nitrogens with one attached hydrogen (secondary N) is 2. The summed E-state index contributed by atoms with van der Waals surface area (Å²) in [5, 5.41) is 14.1. The fourth-order valence-electron chi connectivity index (χ4n) is 2.12. The van der Waals surface area contributed by atoms with Crippen molar-refractivity contribution in [2.75, 3.05) is 18.9 Å². The lowest BCUT2D eigenvalue weighted by Crippen LogP contribution is -2.42. The van der Waals surface area contributed by atoms with E-state index < -0.39 is 18.0 Å². The molecule has 21 heavy (non-hydrogen) atoms. The number of likely N-dealkylation sites (N-methyl/N-ethyl adjacent to an activating group) is 1. The Balaban J connectivity index is 2.09. The standard InChI is InChI=1S/C13H14ClN3O4/c1-17-6-5-9(11(17)18)16-13(21)15-8-4-2-3-7(14)10(8)12(19)20/h2-4,9H,5-6H2,1H3,(H,19,20)(H2,15,16,21). The number of amides is 3. The predicted octanol–water partition coefficient (Wildman–Crippen LogP) is 1.39. The molecular weight excluding hydrogens is 298 g/mol. The third-order valence-electron chi connectivity index (χ3n) is 3.21. The molecule has 1 atom stereocenters. The minimum atomic E-state index is -1.24. The van der Waals surface area contributed by atoms with Crippen molar-refractivity contribution in [1.82, 2.24) is 10.2 Å². The van der Waals surface area contributed by atoms with Crippen molar-refractivity contribution in [2.45, 2.75) is 12.5 Å². The molecule has 112 valence electrons. The normalized spacial score (nSPS) is 17.7. The van der Waals surface area contributed by atoms with E-state index in [0.29, 0.717) is 13.0 Å². The van der Waals surface area contributed by atoms with Gasteiger partial charge in [0.15, 0.2) is 0 Å². The molecule has 0 aliphatic carbocycles. The topological polar surface area (TPSA) is 98.7 Å². The fourth-order valence-corrected chi connectivity index (χ4v) is 2.37. The van der Waals surface area contributed by atoms with Crippen LogP contribution in [0.3, 0.4) is 0 Å². The van der Waals surface area contributed by atoms with Crippen LogP contribution in [0.25, 0.3) is 0 Å². The zero-order chi connectivity index (χ0) is 15.6. The van der Waals surface area contributed by atoms with Crippen LogP contribution in [0.2, 0.25) is 5.02 Å². The average Bonchev–Trinajstić information content (AvgIpc) is 2.70. The van der Waals surface area contributed by atoms with Gasteiger partial charge in [0.25, 0.3) is 0 Å². The molecule has 1 aliphatic heterocycles. The first kappa shape index (κ1) is 15.1. The summed E-state index contributed by atoms with van der Waals surface area (Å²) in [6, 6.07) is 3.14. The van der Waals surface area contributed by atoms with Crippen molar-refractivity contribution in [3.63, 3.8) is 0 Å². The molecule has 0 bridgehead atoms. The zero-order valence-corrected chi connectivity index (χ0v) is 12.0. The van der Waals surface area contributed by atoms with Crippen molar-refractivity contribution in [1.29, 1.82) is 0 Å². The Kier molecular flexibility index (Phi) is 4.32. The summed E-state index contributed by atoms with van der Waals surface area (Å²) in [6.45, 7) is 0.571. The van der Waals surface area contributed by atoms with Gasteiger partial charge in [-0.1, -0.05) is 17.7 Å². The first-order chi connectivity index (χ1) is 9.90. The number of rotatable bonds is 3. The second-order valence-electron chi connectivity index (χ2n) is 4.67. The maximum atomic E-state index is 11.9. The number of aromatic carboxylic acids is 1. The van der Waals surface area contributed by atoms with Gasteiger partial charge in [0.1, 0.15) is 11.6 Å². The highest BCUT2D eigenvalue weighted by molar-refractivity contribution is 6.34. The average molecular weight is 312 g/mol. The van der Waals surface area contributed by atoms with Gasteiger partial charge in [0.05, 0.1) is 10.7 Å². The second kappa shape index (κ2) is 6.01. The van der Waals surface area contributed by atoms with Gasteiger partial charge in [-0.2, -0.15) is 0 Å². The van der Waals surface area contributed by atoms with E-state index in [0.717, 1.165) is 0 Å². The maximum Gasteiger partial charge on any atom is 0.339 e. The number of anilines is 1. The van der Waals surface area contributed by atoms with Crippen LogP contribution in [-0.4, -0.2) is 47.5 Å². The molecular formula is C13H14ClN3O4. The van der Waals surface area contributed by atoms with E-state index >= 15 is 0 Å². The SMILES string of the molecule is CN1CCC(NC(=O)Nc2cccc(Cl)c2C(=O)O)C1=O. The molecule has 3 N–H and O–H groups in total. The third kappa shape index (κ3) is 3.25. The Hall–Kier alpha value is -2.28. The molecule has 1 unspecified atom stereocenters. The minimum absolute atomic E-state index is 0.0250. The summed E-state index contributed by atoms with van der Waals surface area (Å²) in [5.41, 5.74) is -0.115. The predicted molar refractivity (Wildman–Crippen MR) is 76.6 cm³/mol. The van der Waals surface area contributed by atoms with Crippen molar-refractivity contribution in [2.24, 2.45) is 0 Å². The zero-order valence-electron chi connectivity index (χ0n) is 11.2. The molecule has 0 spiro atoms. The van der Waals surface area contributed by atoms with Gasteiger partial charge in [-0.3, -0.25) is 4.79 Å². The molecule has 1 fully saturated rings. The highest BCUT2D eigenvalue weighted by atomic mass is 35.5. The molecule has 0 saturated carbocycles. The molecule has 3 amide bonds. The summed E-state index contributed by atoms with van der Waals surface area (Å²) in [7, 11) is 1.65. The minimum Gasteiger partial charge on any atom is -0.478 e. The molecule has 1 aliphatic rings. The monoisotopic (exact) mass is 311 g/mol. The summed E-state index contributed by atoms with van der Waals surface area (Å²) in [4.78, 5) is 36.2. The van der Waals surface area contributed by atoms with Crippen LogP contribution in [0.4, 0.5) is 10.5 Å². The number of nitrogens with zero attached hydrogens (tertiary/aromatic N) is 1. The quantitative estimate of drug-likeness (QED) is 0.785. The molecule has 1 aromatic carbocycles. The van der Waals surface area contributed by atoms with Crippen molar-refractivity contribution >= 4 is 35.2 Å². The Morgan fingerprint density at radius 1 is 1.43 bits per heavy atom. The van der Waals surface area contributed by atoms with Crippen LogP contribution >= 0.6 is 11.6 Å². The molecule has 1 saturated heterocycles. The number of hydrogen-bond donors (Lipinski definition) is 3. The number of carboxylic acid groups (broad SMARTS) is 1. The second-order valence-corrected chi connectivity index (χ2v) is 5.07. The van der Waals surface area contributed by atoms with Gasteiger partial charge in [-0.15, -0.1) is 0 Å².